The van der Waals surface area contributed by atoms with E-state index in [1.54, 1.807) is 80.7 Å². The highest BCUT2D eigenvalue weighted by Crippen LogP contribution is 2.38. The molecule has 0 spiro atoms. The molecule has 0 saturated carbocycles. The summed E-state index contributed by atoms with van der Waals surface area (Å²) in [4.78, 5) is 25.1. The van der Waals surface area contributed by atoms with Crippen LogP contribution in [0, 0.1) is 17.8 Å². The Labute approximate surface area is 381 Å². The number of nitrogens with two attached hydrogens (primary N) is 1. The first kappa shape index (κ1) is 55.9. The summed E-state index contributed by atoms with van der Waals surface area (Å²) < 4.78 is 23.1. The van der Waals surface area contributed by atoms with E-state index < -0.39 is 147 Å². The molecule has 0 aromatic rings. The maximum Gasteiger partial charge on any atom is 0.311 e. The maximum atomic E-state index is 12.6. The molecule has 2 bridgehead atoms. The number of carbonyl (C=O) groups excluding carboxylic acids is 1. The fourth-order valence-corrected chi connectivity index (χ4v) is 7.97. The number of ether oxygens (including phenoxy) is 4. The van der Waals surface area contributed by atoms with Gasteiger partial charge in [-0.05, 0) is 33.1 Å². The first-order valence-electron chi connectivity index (χ1n) is 22.3. The van der Waals surface area contributed by atoms with E-state index in [1.165, 1.54) is 13.0 Å². The number of carboxylic acids is 1. The number of rotatable bonds is 3. The molecule has 0 aromatic carbocycles. The van der Waals surface area contributed by atoms with Crippen LogP contribution in [0.25, 0.3) is 0 Å². The fourth-order valence-electron chi connectivity index (χ4n) is 7.97. The van der Waals surface area contributed by atoms with Crippen LogP contribution in [0.1, 0.15) is 79.1 Å². The normalized spacial score (nSPS) is 45.5. The Morgan fingerprint density at radius 1 is 0.662 bits per heavy atom. The highest BCUT2D eigenvalue weighted by atomic mass is 16.7. The van der Waals surface area contributed by atoms with Crippen LogP contribution in [0.15, 0.2) is 85.1 Å². The standard InChI is InChI=1S/C47H73NO17/c1-27-17-15-13-11-9-7-5-6-8-10-12-14-16-18-34(64-46-44(58)41(48)43(57)30(4)63-46)24-38-40(45(59)60)37(54)26-47(61,65-38)25-33(51)22-36(53)35(52)20-19-31(49)21-32(50)23-39(55)62-29(3)28(2)42(27)56/h5-18,27-38,40-44,46,49-54,56-58,61H,19-26,48H2,1-4H3,(H,59,60)/b6-5+,9-7+,10-8+,13-11+,14-12+,17-15+,18-16+/t27-,28-,29-,30+,31+,32+,33-,34-,35+,36+,37-,38-,40+,41-,42+,43+,44+,46+,47+/m0/s1. The summed E-state index contributed by atoms with van der Waals surface area (Å²) in [5, 5.41) is 118. The molecule has 0 unspecified atom stereocenters. The zero-order chi connectivity index (χ0) is 48.4. The van der Waals surface area contributed by atoms with E-state index in [9.17, 15) is 65.8 Å². The molecule has 13 N–H and O–H groups in total. The monoisotopic (exact) mass is 923 g/mol. The summed E-state index contributed by atoms with van der Waals surface area (Å²) in [6.07, 6.45) is 3.46. The lowest BCUT2D eigenvalue weighted by Crippen LogP contribution is -2.61. The quantitative estimate of drug-likeness (QED) is 0.174. The molecule has 0 aromatic heterocycles. The van der Waals surface area contributed by atoms with Crippen LogP contribution < -0.4 is 5.73 Å². The molecule has 0 radical (unpaired) electrons. The van der Waals surface area contributed by atoms with Crippen molar-refractivity contribution in [2.24, 2.45) is 23.5 Å². The van der Waals surface area contributed by atoms with Crippen LogP contribution in [0.4, 0.5) is 0 Å². The lowest BCUT2D eigenvalue weighted by Gasteiger charge is -2.45. The SMILES string of the molecule is C[C@@H]1[C@H](O)[C@@H](C)/C=C/C=C/C=C/C=C/C=C/C=C/C=C/[C@H](O[C@H]2O[C@H](C)[C@@H](O)[C@H](N)[C@H]2O)C[C@@H]2O[C@](O)(C[C@@H](O)C[C@@H](O)[C@H](O)CC[C@@H](O)C[C@@H](O)CC(=O)O[C@H]1C)C[C@H](O)[C@H]2C(=O)O. The topological polar surface area (TPSA) is 320 Å². The van der Waals surface area contributed by atoms with Crippen LogP contribution in [0.5, 0.6) is 0 Å². The number of fused-ring (bicyclic) bond motifs is 2. The Morgan fingerprint density at radius 2 is 1.23 bits per heavy atom. The number of aliphatic hydroxyl groups excluding tert-OH is 9. The fraction of sp³-hybridized carbons (Fsp3) is 0.660. The number of aliphatic hydroxyl groups is 10. The third-order valence-electron chi connectivity index (χ3n) is 12.0. The van der Waals surface area contributed by atoms with Gasteiger partial charge >= 0.3 is 11.9 Å². The molecule has 2 fully saturated rings. The molecule has 18 nitrogen and oxygen atoms in total. The van der Waals surface area contributed by atoms with Crippen LogP contribution in [-0.2, 0) is 28.5 Å². The Morgan fingerprint density at radius 3 is 1.82 bits per heavy atom. The Kier molecular flexibility index (Phi) is 23.6. The Bertz CT molecular complexity index is 1670. The number of cyclic esters (lactones) is 1. The number of esters is 1. The summed E-state index contributed by atoms with van der Waals surface area (Å²) in [5.74, 6) is -6.83. The third kappa shape index (κ3) is 18.6. The van der Waals surface area contributed by atoms with E-state index in [4.69, 9.17) is 24.7 Å². The van der Waals surface area contributed by atoms with Crippen molar-refractivity contribution in [3.63, 3.8) is 0 Å². The second-order valence-corrected chi connectivity index (χ2v) is 17.6. The van der Waals surface area contributed by atoms with Gasteiger partial charge in [-0.25, -0.2) is 0 Å². The highest BCUT2D eigenvalue weighted by Gasteiger charge is 2.51. The van der Waals surface area contributed by atoms with Gasteiger partial charge in [-0.1, -0.05) is 98.9 Å². The van der Waals surface area contributed by atoms with E-state index in [2.05, 4.69) is 0 Å². The van der Waals surface area contributed by atoms with E-state index in [-0.39, 0.29) is 31.6 Å². The van der Waals surface area contributed by atoms with Gasteiger partial charge in [0.25, 0.3) is 0 Å². The number of hydrogen-bond acceptors (Lipinski definition) is 17. The van der Waals surface area contributed by atoms with Crippen molar-refractivity contribution in [3.8, 4) is 0 Å². The molecule has 3 aliphatic heterocycles. The Balaban J connectivity index is 1.86. The third-order valence-corrected chi connectivity index (χ3v) is 12.0. The van der Waals surface area contributed by atoms with Crippen LogP contribution in [0.3, 0.4) is 0 Å². The van der Waals surface area contributed by atoms with E-state index in [1.807, 2.05) is 19.1 Å². The minimum Gasteiger partial charge on any atom is -0.481 e. The summed E-state index contributed by atoms with van der Waals surface area (Å²) in [7, 11) is 0. The van der Waals surface area contributed by atoms with Gasteiger partial charge in [0.2, 0.25) is 0 Å². The van der Waals surface area contributed by atoms with Crippen molar-refractivity contribution in [1.29, 1.82) is 0 Å². The largest absolute Gasteiger partial charge is 0.481 e. The second-order valence-electron chi connectivity index (χ2n) is 17.6. The minimum absolute atomic E-state index is 0.107. The Hall–Kier alpha value is -3.44. The molecule has 2 saturated heterocycles. The van der Waals surface area contributed by atoms with Gasteiger partial charge in [0.1, 0.15) is 18.1 Å². The second kappa shape index (κ2) is 27.4. The van der Waals surface area contributed by atoms with Crippen molar-refractivity contribution in [3.05, 3.63) is 85.1 Å². The molecular weight excluding hydrogens is 851 g/mol. The van der Waals surface area contributed by atoms with Crippen LogP contribution in [0.2, 0.25) is 0 Å². The van der Waals surface area contributed by atoms with Crippen LogP contribution >= 0.6 is 0 Å². The van der Waals surface area contributed by atoms with E-state index in [0.29, 0.717) is 0 Å². The van der Waals surface area contributed by atoms with Gasteiger partial charge in [-0.3, -0.25) is 9.59 Å². The molecule has 3 aliphatic rings. The molecule has 3 heterocycles. The summed E-state index contributed by atoms with van der Waals surface area (Å²) >= 11 is 0. The van der Waals surface area contributed by atoms with Gasteiger partial charge in [0.15, 0.2) is 12.1 Å². The van der Waals surface area contributed by atoms with Gasteiger partial charge in [-0.15, -0.1) is 0 Å². The average Bonchev–Trinajstić information content (AvgIpc) is 3.21. The van der Waals surface area contributed by atoms with Gasteiger partial charge < -0.3 is 80.9 Å². The minimum atomic E-state index is -2.33. The molecule has 368 valence electrons. The van der Waals surface area contributed by atoms with Gasteiger partial charge in [-0.2, -0.15) is 0 Å². The first-order valence-corrected chi connectivity index (χ1v) is 22.3. The van der Waals surface area contributed by atoms with Crippen molar-refractivity contribution >= 4 is 11.9 Å². The van der Waals surface area contributed by atoms with E-state index in [0.717, 1.165) is 0 Å². The summed E-state index contributed by atoms with van der Waals surface area (Å²) in [5.41, 5.74) is 6.02. The molecule has 65 heavy (non-hydrogen) atoms. The zero-order valence-corrected chi connectivity index (χ0v) is 37.6. The van der Waals surface area contributed by atoms with Crippen molar-refractivity contribution in [2.75, 3.05) is 0 Å². The maximum absolute atomic E-state index is 12.6. The average molecular weight is 924 g/mol. The highest BCUT2D eigenvalue weighted by molar-refractivity contribution is 5.71. The molecule has 0 aliphatic carbocycles. The number of aliphatic carboxylic acids is 1. The number of carbonyl (C=O) groups is 2. The molecule has 19 atom stereocenters. The van der Waals surface area contributed by atoms with E-state index >= 15 is 0 Å². The van der Waals surface area contributed by atoms with Crippen molar-refractivity contribution < 1.29 is 84.7 Å². The summed E-state index contributed by atoms with van der Waals surface area (Å²) in [6.45, 7) is 6.74. The van der Waals surface area contributed by atoms with Crippen molar-refractivity contribution in [2.45, 2.75) is 177 Å². The van der Waals surface area contributed by atoms with Gasteiger partial charge in [0, 0.05) is 37.5 Å². The number of carboxylic acid groups (broad SMARTS) is 1. The summed E-state index contributed by atoms with van der Waals surface area (Å²) in [6, 6.07) is -1.15. The molecular formula is C47H73NO17. The molecule has 0 amide bonds. The smallest absolute Gasteiger partial charge is 0.311 e. The lowest BCUT2D eigenvalue weighted by atomic mass is 9.82. The van der Waals surface area contributed by atoms with Crippen LogP contribution in [-0.4, -0.2) is 166 Å². The number of allylic oxidation sites excluding steroid dienone is 12. The molecule has 3 rings (SSSR count). The molecule has 18 heteroatoms. The zero-order valence-electron chi connectivity index (χ0n) is 37.6. The predicted octanol–water partition coefficient (Wildman–Crippen LogP) is 0.712. The first-order chi connectivity index (χ1) is 30.6. The number of hydrogen-bond donors (Lipinski definition) is 12. The lowest BCUT2D eigenvalue weighted by molar-refractivity contribution is -0.308. The predicted molar refractivity (Wildman–Crippen MR) is 237 cm³/mol. The van der Waals surface area contributed by atoms with Gasteiger partial charge in [0.05, 0.1) is 79.6 Å². The van der Waals surface area contributed by atoms with Crippen molar-refractivity contribution in [1.82, 2.24) is 0 Å².